The molecule has 20 bridgehead atoms. The van der Waals surface area contributed by atoms with Crippen molar-refractivity contribution in [3.8, 4) is 6.07 Å². The summed E-state index contributed by atoms with van der Waals surface area (Å²) >= 11 is 0. The number of hydrogen-bond donors (Lipinski definition) is 3. The first-order valence-electron chi connectivity index (χ1n) is 58.5. The Morgan fingerprint density at radius 2 is 0.692 bits per heavy atom. The molecular formula is C122H197NO23. The van der Waals surface area contributed by atoms with Crippen LogP contribution >= 0.6 is 0 Å². The van der Waals surface area contributed by atoms with E-state index in [9.17, 15) is 68.5 Å². The lowest BCUT2D eigenvalue weighted by molar-refractivity contribution is -0.264. The third-order valence-electron chi connectivity index (χ3n) is 42.6. The van der Waals surface area contributed by atoms with Crippen molar-refractivity contribution in [1.29, 1.82) is 5.26 Å². The molecule has 3 N–H and O–H groups in total. The van der Waals surface area contributed by atoms with Crippen molar-refractivity contribution >= 4 is 59.7 Å². The fourth-order valence-electron chi connectivity index (χ4n) is 30.4. The highest BCUT2D eigenvalue weighted by Crippen LogP contribution is 2.67. The third kappa shape index (κ3) is 24.7. The zero-order valence-corrected chi connectivity index (χ0v) is 95.8. The van der Waals surface area contributed by atoms with Crippen LogP contribution in [0.1, 0.15) is 476 Å². The van der Waals surface area contributed by atoms with Crippen molar-refractivity contribution < 1.29 is 111 Å². The quantitative estimate of drug-likeness (QED) is 0.0564. The predicted octanol–water partition coefficient (Wildman–Crippen LogP) is 24.9. The minimum absolute atomic E-state index is 0.0185. The van der Waals surface area contributed by atoms with Crippen LogP contribution in [0.15, 0.2) is 0 Å². The number of esters is 10. The average Bonchev–Trinajstić information content (AvgIpc) is 1.51. The molecule has 22 aliphatic carbocycles. The van der Waals surface area contributed by atoms with Crippen molar-refractivity contribution in [2.24, 2.45) is 149 Å². The van der Waals surface area contributed by atoms with Crippen molar-refractivity contribution in [3.05, 3.63) is 0 Å². The van der Waals surface area contributed by atoms with Gasteiger partial charge in [0.05, 0.1) is 72.1 Å². The highest BCUT2D eigenvalue weighted by atomic mass is 16.6. The summed E-state index contributed by atoms with van der Waals surface area (Å²) < 4.78 is 57.5. The first-order valence-corrected chi connectivity index (χ1v) is 58.5. The van der Waals surface area contributed by atoms with Gasteiger partial charge < -0.3 is 62.7 Å². The van der Waals surface area contributed by atoms with E-state index in [4.69, 9.17) is 47.4 Å². The van der Waals surface area contributed by atoms with Crippen LogP contribution in [0.4, 0.5) is 0 Å². The van der Waals surface area contributed by atoms with Crippen LogP contribution in [0.3, 0.4) is 0 Å². The molecule has 0 aromatic carbocycles. The minimum Gasteiger partial charge on any atom is -0.462 e. The molecule has 0 aromatic rings. The largest absolute Gasteiger partial charge is 0.462 e. The summed E-state index contributed by atoms with van der Waals surface area (Å²) in [5, 5.41) is 41.3. The molecule has 24 heteroatoms. The lowest BCUT2D eigenvalue weighted by Gasteiger charge is -2.62. The van der Waals surface area contributed by atoms with Gasteiger partial charge in [-0.15, -0.1) is 0 Å². The number of carbonyl (C=O) groups excluding carboxylic acids is 10. The number of fused-ring (bicyclic) bond motifs is 2. The van der Waals surface area contributed by atoms with Crippen molar-refractivity contribution in [2.45, 2.75) is 552 Å². The molecule has 0 aromatic heterocycles. The van der Waals surface area contributed by atoms with Gasteiger partial charge >= 0.3 is 59.7 Å². The Balaban J connectivity index is 0.000000140. The van der Waals surface area contributed by atoms with Crippen LogP contribution < -0.4 is 0 Å². The average molecular weight is 2050 g/mol. The molecule has 24 nitrogen and oxygen atoms in total. The van der Waals surface area contributed by atoms with Crippen molar-refractivity contribution in [3.63, 3.8) is 0 Å². The second-order valence-electron chi connectivity index (χ2n) is 57.3. The summed E-state index contributed by atoms with van der Waals surface area (Å²) in [5.74, 6) is 7.57. The van der Waals surface area contributed by atoms with E-state index in [0.717, 1.165) is 146 Å². The lowest BCUT2D eigenvalue weighted by Crippen LogP contribution is -2.67. The molecule has 2 saturated heterocycles. The Bertz CT molecular complexity index is 4530. The van der Waals surface area contributed by atoms with E-state index < -0.39 is 61.6 Å². The van der Waals surface area contributed by atoms with Crippen LogP contribution in [-0.4, -0.2) is 150 Å². The molecule has 828 valence electrons. The third-order valence-corrected chi connectivity index (χ3v) is 42.6. The summed E-state index contributed by atoms with van der Waals surface area (Å²) in [6, 6.07) is 2.15. The molecule has 22 saturated carbocycles. The molecule has 0 amide bonds. The fourth-order valence-corrected chi connectivity index (χ4v) is 30.4. The lowest BCUT2D eigenvalue weighted by atomic mass is 9.50. The van der Waals surface area contributed by atoms with E-state index >= 15 is 0 Å². The van der Waals surface area contributed by atoms with Crippen molar-refractivity contribution in [2.75, 3.05) is 0 Å². The number of carbonyl (C=O) groups is 10. The molecular weight excluding hydrogens is 1850 g/mol. The van der Waals surface area contributed by atoms with Crippen molar-refractivity contribution in [1.82, 2.24) is 0 Å². The number of hydrogen-bond acceptors (Lipinski definition) is 24. The molecule has 0 radical (unpaired) electrons. The summed E-state index contributed by atoms with van der Waals surface area (Å²) in [6.45, 7) is 55.8. The SMILES string of the molecule is CCC(C)(C)C(=O)OC(C)(C)C1CCCCC1.CCC(C)(C)C(=O)OC1(C)C2CC3CC(C2)CC1C3.CCC(C)(C)C(=O)OC1(C)C2CC3CC(C2)CC1C3.CCC(C)(C)C(=O)OC12CC3CC(CC(O)(C3)C1)C2.CCC(C)(C)C(=O)OC12CC3CC(O)(CC(O)(C3)C1)C2.CCC(C)(C)C(=O)OC1C2CC3C(=O)OC1C3C2.CCC(C)(C)C(=O)OC1C2CC3C1OC(=O)C3(C#N)C2.CCC(C)(C)C(=O)OC1CCCCC1. The van der Waals surface area contributed by atoms with E-state index in [1.807, 2.05) is 152 Å². The molecule has 2 aliphatic heterocycles. The highest BCUT2D eigenvalue weighted by Gasteiger charge is 2.74. The Kier molecular flexibility index (Phi) is 34.8. The van der Waals surface area contributed by atoms with Crippen LogP contribution in [0.2, 0.25) is 0 Å². The zero-order valence-electron chi connectivity index (χ0n) is 95.8. The number of ether oxygens (including phenoxy) is 10. The standard InChI is InChI=1S/2C17H28O2.C16H26O4.C16H26O3.C15H19NO4.C15H28O2.C14H20O4.C12H22O2/c2*1-5-16(2,3)15(18)19-17(4)13-7-11-6-12(9-13)10-14(17)8-11;1-4-13(2,3)12(17)20-16-7-11-5-14(18,9-16)8-15(19,6-11)10-16;1-4-14(2,3)13(17)19-16-8-11-5-12(9-16)7-15(18,6-11)10-16;1-4-14(2,3)12(17)19-10-8-5-9-11(10)20-13(18)15(9,6-8)7-16;1-6-14(2,3)13(16)17-15(4,5)12-10-8-7-9-11-12;1-4-14(2,3)13(16)18-10-7-5-8-9(6-7)12(15)17-11(8)10;1-4-12(2,3)11(13)14-10-8-6-5-7-9-10/h2*11-14H,5-10H2,1-4H3;11,18-19H,4-10H2,1-3H3;11-12,18H,4-10H2,1-3H3;8-11H,4-6H2,1-3H3;12H,6-11H2,1-5H3;7-11H,4-6H2,1-3H3;10H,4-9H2,1-3H3. The fraction of sp³-hybridized carbons (Fsp3) is 0.910. The second-order valence-corrected chi connectivity index (χ2v) is 57.3. The maximum Gasteiger partial charge on any atom is 0.327 e. The zero-order chi connectivity index (χ0) is 108. The first kappa shape index (κ1) is 117. The molecule has 14 unspecified atom stereocenters. The van der Waals surface area contributed by atoms with E-state index in [0.29, 0.717) is 91.8 Å². The van der Waals surface area contributed by atoms with Crippen LogP contribution in [0.25, 0.3) is 0 Å². The van der Waals surface area contributed by atoms with Crippen LogP contribution in [0, 0.1) is 161 Å². The molecule has 14 atom stereocenters. The Labute approximate surface area is 877 Å². The van der Waals surface area contributed by atoms with Gasteiger partial charge in [-0.3, -0.25) is 47.9 Å². The summed E-state index contributed by atoms with van der Waals surface area (Å²) in [5.41, 5.74) is -8.10. The molecule has 0 spiro atoms. The van der Waals surface area contributed by atoms with Gasteiger partial charge in [-0.2, -0.15) is 5.26 Å². The van der Waals surface area contributed by atoms with Gasteiger partial charge in [-0.25, -0.2) is 0 Å². The minimum atomic E-state index is -0.974. The van der Waals surface area contributed by atoms with Gasteiger partial charge in [-0.05, 0) is 441 Å². The molecule has 24 aliphatic rings. The van der Waals surface area contributed by atoms with Gasteiger partial charge in [0.2, 0.25) is 0 Å². The smallest absolute Gasteiger partial charge is 0.327 e. The van der Waals surface area contributed by atoms with E-state index in [1.165, 1.54) is 122 Å². The normalized spacial score (nSPS) is 38.5. The Hall–Kier alpha value is -5.93. The second kappa shape index (κ2) is 43.4. The topological polar surface area (TPSA) is 347 Å². The van der Waals surface area contributed by atoms with Gasteiger partial charge in [0.15, 0.2) is 5.41 Å². The monoisotopic (exact) mass is 2040 g/mol. The van der Waals surface area contributed by atoms with Gasteiger partial charge in [-0.1, -0.05) is 81.1 Å². The van der Waals surface area contributed by atoms with E-state index in [-0.39, 0.29) is 146 Å². The summed E-state index contributed by atoms with van der Waals surface area (Å²) in [6.07, 6.45) is 43.1. The molecule has 2 heterocycles. The molecule has 24 fully saturated rings. The van der Waals surface area contributed by atoms with E-state index in [1.54, 1.807) is 0 Å². The summed E-state index contributed by atoms with van der Waals surface area (Å²) in [4.78, 5) is 121. The van der Waals surface area contributed by atoms with Crippen LogP contribution in [-0.2, 0) is 95.3 Å². The number of rotatable bonds is 25. The summed E-state index contributed by atoms with van der Waals surface area (Å²) in [7, 11) is 0. The molecule has 24 rings (SSSR count). The maximum atomic E-state index is 12.5. The highest BCUT2D eigenvalue weighted by molar-refractivity contribution is 5.85. The Morgan fingerprint density at radius 1 is 0.349 bits per heavy atom. The number of nitriles is 1. The molecule has 146 heavy (non-hydrogen) atoms. The number of aliphatic hydroxyl groups is 3. The van der Waals surface area contributed by atoms with Gasteiger partial charge in [0.25, 0.3) is 0 Å². The maximum absolute atomic E-state index is 12.5. The van der Waals surface area contributed by atoms with E-state index in [2.05, 4.69) is 47.6 Å². The van der Waals surface area contributed by atoms with Gasteiger partial charge in [0, 0.05) is 49.4 Å². The van der Waals surface area contributed by atoms with Gasteiger partial charge in [0.1, 0.15) is 58.5 Å². The Morgan fingerprint density at radius 3 is 1.08 bits per heavy atom. The van der Waals surface area contributed by atoms with Crippen LogP contribution in [0.5, 0.6) is 0 Å². The first-order chi connectivity index (χ1) is 67.7. The number of nitrogens with zero attached hydrogens (tertiary/aromatic N) is 1. The predicted molar refractivity (Wildman–Crippen MR) is 557 cm³/mol.